The van der Waals surface area contributed by atoms with E-state index in [9.17, 15) is 14.7 Å². The molecule has 0 atom stereocenters. The molecule has 0 aromatic heterocycles. The fraction of sp³-hybridized carbons (Fsp3) is 0.0741. The molecule has 0 fully saturated rings. The normalized spacial score (nSPS) is 10.9. The summed E-state index contributed by atoms with van der Waals surface area (Å²) in [5, 5.41) is 15.9. The fourth-order valence-corrected chi connectivity index (χ4v) is 3.74. The molecule has 1 amide bonds. The summed E-state index contributed by atoms with van der Waals surface area (Å²) in [4.78, 5) is 25.2. The van der Waals surface area contributed by atoms with E-state index in [2.05, 4.69) is 26.5 Å². The number of aromatic hydroxyl groups is 1. The number of ether oxygens (including phenoxy) is 2. The van der Waals surface area contributed by atoms with Gasteiger partial charge in [-0.2, -0.15) is 5.10 Å². The molecule has 0 bridgehead atoms. The van der Waals surface area contributed by atoms with E-state index in [-0.39, 0.29) is 17.1 Å². The van der Waals surface area contributed by atoms with Crippen LogP contribution < -0.4 is 14.9 Å². The van der Waals surface area contributed by atoms with Gasteiger partial charge in [-0.15, -0.1) is 0 Å². The van der Waals surface area contributed by atoms with Crippen molar-refractivity contribution in [1.29, 1.82) is 0 Å². The Morgan fingerprint density at radius 3 is 2.43 bits per heavy atom. The van der Waals surface area contributed by atoms with E-state index in [0.29, 0.717) is 23.5 Å². The van der Waals surface area contributed by atoms with Crippen molar-refractivity contribution in [3.8, 4) is 17.2 Å². The number of rotatable bonds is 7. The number of amides is 1. The third-order valence-corrected chi connectivity index (χ3v) is 5.55. The highest BCUT2D eigenvalue weighted by Gasteiger charge is 2.14. The summed E-state index contributed by atoms with van der Waals surface area (Å²) < 4.78 is 11.7. The average Bonchev–Trinajstić information content (AvgIpc) is 2.85. The molecule has 0 aliphatic heterocycles. The topological polar surface area (TPSA) is 97.2 Å². The largest absolute Gasteiger partial charge is 0.507 e. The zero-order chi connectivity index (χ0) is 24.8. The fourth-order valence-electron chi connectivity index (χ4n) is 3.36. The lowest BCUT2D eigenvalue weighted by Gasteiger charge is -2.09. The van der Waals surface area contributed by atoms with Crippen molar-refractivity contribution in [3.63, 3.8) is 0 Å². The van der Waals surface area contributed by atoms with Gasteiger partial charge in [-0.25, -0.2) is 10.2 Å². The van der Waals surface area contributed by atoms with Gasteiger partial charge in [0, 0.05) is 10.0 Å². The molecule has 4 aromatic rings. The average molecular weight is 533 g/mol. The molecule has 176 valence electrons. The monoisotopic (exact) mass is 532 g/mol. The number of nitrogens with one attached hydrogen (secondary N) is 1. The first kappa shape index (κ1) is 24.0. The smallest absolute Gasteiger partial charge is 0.343 e. The predicted molar refractivity (Wildman–Crippen MR) is 137 cm³/mol. The quantitative estimate of drug-likeness (QED) is 0.138. The summed E-state index contributed by atoms with van der Waals surface area (Å²) >= 11 is 3.38. The van der Waals surface area contributed by atoms with Crippen molar-refractivity contribution in [3.05, 3.63) is 100 Å². The minimum absolute atomic E-state index is 0.0947. The van der Waals surface area contributed by atoms with Crippen LogP contribution in [-0.2, 0) is 0 Å². The first-order valence-electron chi connectivity index (χ1n) is 10.7. The first-order chi connectivity index (χ1) is 16.9. The molecule has 0 aliphatic rings. The number of hydrogen-bond donors (Lipinski definition) is 2. The summed E-state index contributed by atoms with van der Waals surface area (Å²) in [7, 11) is 0. The maximum atomic E-state index is 12.6. The minimum Gasteiger partial charge on any atom is -0.507 e. The van der Waals surface area contributed by atoms with Crippen LogP contribution in [0, 0.1) is 0 Å². The Bertz CT molecular complexity index is 1420. The van der Waals surface area contributed by atoms with Crippen molar-refractivity contribution in [2.75, 3.05) is 6.61 Å². The molecule has 8 heteroatoms. The lowest BCUT2D eigenvalue weighted by atomic mass is 10.1. The molecule has 7 nitrogen and oxygen atoms in total. The summed E-state index contributed by atoms with van der Waals surface area (Å²) in [6.07, 6.45) is 1.36. The Morgan fingerprint density at radius 1 is 1.00 bits per heavy atom. The van der Waals surface area contributed by atoms with E-state index in [1.54, 1.807) is 48.5 Å². The van der Waals surface area contributed by atoms with Gasteiger partial charge in [-0.1, -0.05) is 40.2 Å². The molecule has 0 saturated heterocycles. The molecule has 0 heterocycles. The Labute approximate surface area is 210 Å². The Balaban J connectivity index is 1.49. The Morgan fingerprint density at radius 2 is 1.71 bits per heavy atom. The van der Waals surface area contributed by atoms with Gasteiger partial charge >= 0.3 is 5.97 Å². The van der Waals surface area contributed by atoms with Crippen LogP contribution in [0.25, 0.3) is 10.8 Å². The first-order valence-corrected chi connectivity index (χ1v) is 11.5. The third-order valence-electron chi connectivity index (χ3n) is 5.05. The van der Waals surface area contributed by atoms with Crippen LogP contribution in [0.4, 0.5) is 0 Å². The van der Waals surface area contributed by atoms with Crippen molar-refractivity contribution in [2.24, 2.45) is 5.10 Å². The molecular weight excluding hydrogens is 512 g/mol. The molecule has 0 aliphatic carbocycles. The summed E-state index contributed by atoms with van der Waals surface area (Å²) in [6, 6.07) is 22.2. The van der Waals surface area contributed by atoms with Gasteiger partial charge < -0.3 is 14.6 Å². The maximum absolute atomic E-state index is 12.6. The molecular formula is C27H21BrN2O5. The van der Waals surface area contributed by atoms with Crippen LogP contribution in [0.3, 0.4) is 0 Å². The molecule has 4 aromatic carbocycles. The molecule has 2 N–H and O–H groups in total. The van der Waals surface area contributed by atoms with Crippen LogP contribution in [0.5, 0.6) is 17.2 Å². The second-order valence-electron chi connectivity index (χ2n) is 7.44. The van der Waals surface area contributed by atoms with Gasteiger partial charge in [0.1, 0.15) is 17.2 Å². The van der Waals surface area contributed by atoms with Crippen molar-refractivity contribution < 1.29 is 24.2 Å². The Kier molecular flexibility index (Phi) is 7.42. The van der Waals surface area contributed by atoms with E-state index < -0.39 is 11.9 Å². The summed E-state index contributed by atoms with van der Waals surface area (Å²) in [5.41, 5.74) is 3.32. The number of carbonyl (C=O) groups excluding carboxylic acids is 2. The van der Waals surface area contributed by atoms with Gasteiger partial charge in [0.25, 0.3) is 5.91 Å². The number of esters is 1. The minimum atomic E-state index is -0.576. The van der Waals surface area contributed by atoms with Gasteiger partial charge in [0.2, 0.25) is 0 Å². The number of phenols is 1. The van der Waals surface area contributed by atoms with Crippen LogP contribution >= 0.6 is 15.9 Å². The van der Waals surface area contributed by atoms with Crippen molar-refractivity contribution >= 4 is 44.8 Å². The molecule has 0 spiro atoms. The highest BCUT2D eigenvalue weighted by molar-refractivity contribution is 9.10. The predicted octanol–water partition coefficient (Wildman–Crippen LogP) is 5.69. The lowest BCUT2D eigenvalue weighted by Crippen LogP contribution is -2.18. The van der Waals surface area contributed by atoms with E-state index >= 15 is 0 Å². The number of benzene rings is 4. The number of hydrogen-bond acceptors (Lipinski definition) is 6. The van der Waals surface area contributed by atoms with E-state index in [0.717, 1.165) is 15.2 Å². The number of carbonyl (C=O) groups is 2. The maximum Gasteiger partial charge on any atom is 0.343 e. The number of fused-ring (bicyclic) bond motifs is 1. The number of nitrogens with zero attached hydrogens (tertiary/aromatic N) is 1. The number of hydrazone groups is 1. The van der Waals surface area contributed by atoms with Crippen molar-refractivity contribution in [1.82, 2.24) is 5.43 Å². The van der Waals surface area contributed by atoms with Crippen LogP contribution in [0.15, 0.2) is 88.4 Å². The molecule has 35 heavy (non-hydrogen) atoms. The van der Waals surface area contributed by atoms with Gasteiger partial charge in [-0.3, -0.25) is 4.79 Å². The number of halogens is 1. The van der Waals surface area contributed by atoms with E-state index in [1.165, 1.54) is 12.3 Å². The second-order valence-corrected chi connectivity index (χ2v) is 8.36. The van der Waals surface area contributed by atoms with E-state index in [1.807, 2.05) is 31.2 Å². The van der Waals surface area contributed by atoms with Gasteiger partial charge in [0.05, 0.1) is 23.9 Å². The molecule has 4 rings (SSSR count). The summed E-state index contributed by atoms with van der Waals surface area (Å²) in [5.74, 6) is -0.348. The molecule has 0 unspecified atom stereocenters. The highest BCUT2D eigenvalue weighted by Crippen LogP contribution is 2.26. The second kappa shape index (κ2) is 10.8. The zero-order valence-electron chi connectivity index (χ0n) is 18.7. The van der Waals surface area contributed by atoms with Gasteiger partial charge in [-0.05, 0) is 72.3 Å². The van der Waals surface area contributed by atoms with Crippen LogP contribution in [0.1, 0.15) is 33.2 Å². The molecule has 0 radical (unpaired) electrons. The standard InChI is InChI=1S/C27H21BrN2O5/c1-2-34-22-10-7-17(8-11-22)27(33)35-25-12-9-21(28)13-20(25)16-29-30-26(32)23-14-18-5-3-4-6-19(18)15-24(23)31/h3-16,31H,2H2,1H3,(H,30,32)/b29-16-. The highest BCUT2D eigenvalue weighted by atomic mass is 79.9. The van der Waals surface area contributed by atoms with Crippen LogP contribution in [-0.4, -0.2) is 29.8 Å². The zero-order valence-corrected chi connectivity index (χ0v) is 20.3. The number of phenolic OH excluding ortho intramolecular Hbond substituents is 1. The van der Waals surface area contributed by atoms with Gasteiger partial charge in [0.15, 0.2) is 0 Å². The lowest BCUT2D eigenvalue weighted by molar-refractivity contribution is 0.0734. The SMILES string of the molecule is CCOc1ccc(C(=O)Oc2ccc(Br)cc2/C=N\NC(=O)c2cc3ccccc3cc2O)cc1. The third kappa shape index (κ3) is 5.85. The molecule has 0 saturated carbocycles. The Hall–Kier alpha value is -4.17. The van der Waals surface area contributed by atoms with Crippen molar-refractivity contribution in [2.45, 2.75) is 6.92 Å². The van der Waals surface area contributed by atoms with E-state index in [4.69, 9.17) is 9.47 Å². The van der Waals surface area contributed by atoms with Crippen LogP contribution in [0.2, 0.25) is 0 Å². The summed E-state index contributed by atoms with van der Waals surface area (Å²) in [6.45, 7) is 2.41.